The van der Waals surface area contributed by atoms with Crippen LogP contribution in [0.5, 0.6) is 5.75 Å². The summed E-state index contributed by atoms with van der Waals surface area (Å²) in [5.41, 5.74) is 1.22. The van der Waals surface area contributed by atoms with E-state index >= 15 is 0 Å². The number of fused-ring (bicyclic) bond motifs is 1. The monoisotopic (exact) mass is 384 g/mol. The lowest BCUT2D eigenvalue weighted by Gasteiger charge is -2.12. The van der Waals surface area contributed by atoms with Crippen molar-refractivity contribution in [1.82, 2.24) is 10.3 Å². The van der Waals surface area contributed by atoms with Crippen molar-refractivity contribution in [1.29, 1.82) is 0 Å². The standard InChI is InChI=1S/C17H18Cl2N2O4/c1-3-6-20-14(22)8-24-15(23)9-25-17-13(19)7-12(18)11-5-4-10(2)21-16(11)17/h4-5,7H,3,6,8-9H2,1-2H3,(H,20,22). The Balaban J connectivity index is 2.04. The van der Waals surface area contributed by atoms with Crippen LogP contribution in [0.15, 0.2) is 18.2 Å². The van der Waals surface area contributed by atoms with Gasteiger partial charge in [0, 0.05) is 17.6 Å². The normalized spacial score (nSPS) is 10.6. The summed E-state index contributed by atoms with van der Waals surface area (Å²) in [5.74, 6) is -0.793. The van der Waals surface area contributed by atoms with Crippen LogP contribution in [0.1, 0.15) is 19.0 Å². The van der Waals surface area contributed by atoms with Gasteiger partial charge in [0.1, 0.15) is 5.52 Å². The highest BCUT2D eigenvalue weighted by Gasteiger charge is 2.15. The summed E-state index contributed by atoms with van der Waals surface area (Å²) in [5, 5.41) is 3.95. The smallest absolute Gasteiger partial charge is 0.344 e. The molecule has 0 atom stereocenters. The van der Waals surface area contributed by atoms with Gasteiger partial charge in [0.25, 0.3) is 5.91 Å². The average molecular weight is 385 g/mol. The lowest BCUT2D eigenvalue weighted by atomic mass is 10.2. The van der Waals surface area contributed by atoms with Gasteiger partial charge in [-0.2, -0.15) is 0 Å². The average Bonchev–Trinajstić information content (AvgIpc) is 2.57. The summed E-state index contributed by atoms with van der Waals surface area (Å²) in [7, 11) is 0. The van der Waals surface area contributed by atoms with Crippen LogP contribution in [0, 0.1) is 6.92 Å². The van der Waals surface area contributed by atoms with Crippen LogP contribution in [-0.4, -0.2) is 36.6 Å². The van der Waals surface area contributed by atoms with E-state index in [1.165, 1.54) is 6.07 Å². The zero-order valence-electron chi connectivity index (χ0n) is 13.9. The van der Waals surface area contributed by atoms with E-state index in [2.05, 4.69) is 10.3 Å². The molecule has 0 aliphatic carbocycles. The van der Waals surface area contributed by atoms with Crippen molar-refractivity contribution in [3.8, 4) is 5.75 Å². The molecule has 0 saturated heterocycles. The van der Waals surface area contributed by atoms with Gasteiger partial charge in [0.2, 0.25) is 0 Å². The Morgan fingerprint density at radius 3 is 2.68 bits per heavy atom. The number of aromatic nitrogens is 1. The molecule has 0 unspecified atom stereocenters. The number of nitrogens with zero attached hydrogens (tertiary/aromatic N) is 1. The van der Waals surface area contributed by atoms with Gasteiger partial charge >= 0.3 is 5.97 Å². The van der Waals surface area contributed by atoms with Gasteiger partial charge < -0.3 is 14.8 Å². The first-order chi connectivity index (χ1) is 11.9. The second-order valence-corrected chi connectivity index (χ2v) is 6.13. The summed E-state index contributed by atoms with van der Waals surface area (Å²) < 4.78 is 10.3. The van der Waals surface area contributed by atoms with Gasteiger partial charge in [-0.1, -0.05) is 30.1 Å². The van der Waals surface area contributed by atoms with E-state index in [1.807, 2.05) is 19.9 Å². The maximum atomic E-state index is 11.8. The van der Waals surface area contributed by atoms with Gasteiger partial charge in [-0.05, 0) is 31.5 Å². The molecule has 8 heteroatoms. The molecule has 1 aromatic heterocycles. The summed E-state index contributed by atoms with van der Waals surface area (Å²) in [4.78, 5) is 27.5. The van der Waals surface area contributed by atoms with Crippen molar-refractivity contribution in [3.05, 3.63) is 33.9 Å². The van der Waals surface area contributed by atoms with E-state index in [9.17, 15) is 9.59 Å². The molecule has 1 heterocycles. The third kappa shape index (κ3) is 5.21. The number of carbonyl (C=O) groups is 2. The van der Waals surface area contributed by atoms with Crippen LogP contribution in [-0.2, 0) is 14.3 Å². The SMILES string of the molecule is CCCNC(=O)COC(=O)COc1c(Cl)cc(Cl)c2ccc(C)nc12. The number of halogens is 2. The number of hydrogen-bond acceptors (Lipinski definition) is 5. The zero-order valence-corrected chi connectivity index (χ0v) is 15.4. The molecule has 2 rings (SSSR count). The fraction of sp³-hybridized carbons (Fsp3) is 0.353. The van der Waals surface area contributed by atoms with Crippen LogP contribution in [0.4, 0.5) is 0 Å². The van der Waals surface area contributed by atoms with Crippen molar-refractivity contribution in [2.75, 3.05) is 19.8 Å². The molecule has 0 saturated carbocycles. The van der Waals surface area contributed by atoms with Crippen LogP contribution in [0.25, 0.3) is 10.9 Å². The predicted octanol–water partition coefficient (Wildman–Crippen LogP) is 3.30. The molecule has 6 nitrogen and oxygen atoms in total. The number of carbonyl (C=O) groups excluding carboxylic acids is 2. The Kier molecular flexibility index (Phi) is 6.84. The van der Waals surface area contributed by atoms with Crippen molar-refractivity contribution < 1.29 is 19.1 Å². The number of pyridine rings is 1. The lowest BCUT2D eigenvalue weighted by molar-refractivity contribution is -0.150. The number of rotatable bonds is 7. The highest BCUT2D eigenvalue weighted by Crippen LogP contribution is 2.37. The second kappa shape index (κ2) is 8.87. The Morgan fingerprint density at radius 1 is 1.20 bits per heavy atom. The number of hydrogen-bond donors (Lipinski definition) is 1. The molecule has 1 aromatic carbocycles. The summed E-state index contributed by atoms with van der Waals surface area (Å²) >= 11 is 12.3. The van der Waals surface area contributed by atoms with E-state index in [4.69, 9.17) is 32.7 Å². The Hall–Kier alpha value is -2.05. The molecule has 0 aliphatic heterocycles. The van der Waals surface area contributed by atoms with E-state index < -0.39 is 12.6 Å². The minimum Gasteiger partial charge on any atom is -0.478 e. The molecule has 0 radical (unpaired) electrons. The van der Waals surface area contributed by atoms with E-state index in [-0.39, 0.29) is 23.3 Å². The number of nitrogens with one attached hydrogen (secondary N) is 1. The molecule has 25 heavy (non-hydrogen) atoms. The topological polar surface area (TPSA) is 77.5 Å². The van der Waals surface area contributed by atoms with E-state index in [0.717, 1.165) is 12.1 Å². The fourth-order valence-corrected chi connectivity index (χ4v) is 2.63. The minimum absolute atomic E-state index is 0.240. The predicted molar refractivity (Wildman–Crippen MR) is 96.3 cm³/mol. The zero-order chi connectivity index (χ0) is 18.4. The van der Waals surface area contributed by atoms with E-state index in [0.29, 0.717) is 22.5 Å². The fourth-order valence-electron chi connectivity index (χ4n) is 2.06. The first kappa shape index (κ1) is 19.3. The second-order valence-electron chi connectivity index (χ2n) is 5.32. The van der Waals surface area contributed by atoms with Crippen molar-refractivity contribution in [2.45, 2.75) is 20.3 Å². The van der Waals surface area contributed by atoms with Gasteiger partial charge in [0.05, 0.1) is 10.0 Å². The summed E-state index contributed by atoms with van der Waals surface area (Å²) in [6.45, 7) is 3.53. The number of benzene rings is 1. The molecule has 0 spiro atoms. The molecule has 0 bridgehead atoms. The highest BCUT2D eigenvalue weighted by atomic mass is 35.5. The van der Waals surface area contributed by atoms with Crippen LogP contribution in [0.3, 0.4) is 0 Å². The number of aryl methyl sites for hydroxylation is 1. The number of amides is 1. The maximum absolute atomic E-state index is 11.8. The largest absolute Gasteiger partial charge is 0.478 e. The van der Waals surface area contributed by atoms with Crippen LogP contribution >= 0.6 is 23.2 Å². The number of esters is 1. The third-order valence-corrected chi connectivity index (χ3v) is 3.84. The molecule has 2 aromatic rings. The lowest BCUT2D eigenvalue weighted by Crippen LogP contribution is -2.30. The molecule has 1 amide bonds. The van der Waals surface area contributed by atoms with Gasteiger partial charge in [-0.25, -0.2) is 9.78 Å². The molecule has 0 aliphatic rings. The quantitative estimate of drug-likeness (QED) is 0.740. The first-order valence-electron chi connectivity index (χ1n) is 7.72. The molecular formula is C17H18Cl2N2O4. The van der Waals surface area contributed by atoms with Crippen molar-refractivity contribution in [3.63, 3.8) is 0 Å². The summed E-state index contributed by atoms with van der Waals surface area (Å²) in [6.07, 6.45) is 0.803. The Morgan fingerprint density at radius 2 is 1.96 bits per heavy atom. The van der Waals surface area contributed by atoms with Crippen LogP contribution in [0.2, 0.25) is 10.0 Å². The van der Waals surface area contributed by atoms with E-state index in [1.54, 1.807) is 6.07 Å². The Bertz CT molecular complexity index is 796. The molecule has 1 N–H and O–H groups in total. The Labute approximate surface area is 155 Å². The molecule has 0 fully saturated rings. The first-order valence-corrected chi connectivity index (χ1v) is 8.48. The van der Waals surface area contributed by atoms with Crippen molar-refractivity contribution >= 4 is 46.0 Å². The minimum atomic E-state index is -0.682. The highest BCUT2D eigenvalue weighted by molar-refractivity contribution is 6.39. The summed E-state index contributed by atoms with van der Waals surface area (Å²) in [6, 6.07) is 5.15. The van der Waals surface area contributed by atoms with Gasteiger partial charge in [-0.3, -0.25) is 4.79 Å². The van der Waals surface area contributed by atoms with Crippen LogP contribution < -0.4 is 10.1 Å². The molecular weight excluding hydrogens is 367 g/mol. The maximum Gasteiger partial charge on any atom is 0.344 e. The third-order valence-electron chi connectivity index (χ3n) is 3.25. The van der Waals surface area contributed by atoms with Gasteiger partial charge in [-0.15, -0.1) is 0 Å². The number of ether oxygens (including phenoxy) is 2. The molecule has 134 valence electrons. The van der Waals surface area contributed by atoms with Crippen molar-refractivity contribution in [2.24, 2.45) is 0 Å². The van der Waals surface area contributed by atoms with Gasteiger partial charge in [0.15, 0.2) is 19.0 Å².